The van der Waals surface area contributed by atoms with Crippen molar-refractivity contribution in [3.63, 3.8) is 0 Å². The van der Waals surface area contributed by atoms with Gasteiger partial charge in [0.2, 0.25) is 0 Å². The van der Waals surface area contributed by atoms with E-state index < -0.39 is 0 Å². The lowest BCUT2D eigenvalue weighted by Gasteiger charge is -2.33. The Morgan fingerprint density at radius 2 is 1.97 bits per heavy atom. The molecule has 2 aromatic carbocycles. The summed E-state index contributed by atoms with van der Waals surface area (Å²) in [6, 6.07) is 10.3. The Bertz CT molecular complexity index is 1000. The Morgan fingerprint density at radius 3 is 2.59 bits per heavy atom. The van der Waals surface area contributed by atoms with Crippen LogP contribution in [0.25, 0.3) is 11.1 Å². The highest BCUT2D eigenvalue weighted by atomic mass is 35.5. The van der Waals surface area contributed by atoms with E-state index >= 15 is 0 Å². The van der Waals surface area contributed by atoms with Crippen molar-refractivity contribution in [3.8, 4) is 11.1 Å². The van der Waals surface area contributed by atoms with Gasteiger partial charge in [0, 0.05) is 41.0 Å². The number of allylic oxidation sites excluding steroid dienone is 3. The summed E-state index contributed by atoms with van der Waals surface area (Å²) in [5.41, 5.74) is 17.6. The molecule has 0 spiro atoms. The second kappa shape index (κ2) is 11.3. The zero-order chi connectivity index (χ0) is 23.3. The fraction of sp³-hybridized carbons (Fsp3) is 0.385. The molecule has 0 unspecified atom stereocenters. The second-order valence-electron chi connectivity index (χ2n) is 8.77. The van der Waals surface area contributed by atoms with Gasteiger partial charge >= 0.3 is 0 Å². The number of rotatable bonds is 9. The van der Waals surface area contributed by atoms with Crippen LogP contribution in [-0.2, 0) is 6.54 Å². The highest BCUT2D eigenvalue weighted by Crippen LogP contribution is 2.39. The van der Waals surface area contributed by atoms with Crippen molar-refractivity contribution < 1.29 is 0 Å². The molecule has 0 saturated carbocycles. The van der Waals surface area contributed by atoms with Gasteiger partial charge in [0.15, 0.2) is 0 Å². The van der Waals surface area contributed by atoms with Crippen LogP contribution in [-0.4, -0.2) is 19.6 Å². The minimum absolute atomic E-state index is 0.349. The number of hydrogen-bond donors (Lipinski definition) is 4. The summed E-state index contributed by atoms with van der Waals surface area (Å²) in [5.74, 6) is 0.605. The SMILES string of the molecule is CN[C@H](CC(C)C)CN(C1=CCCC=C1)c1cc(Cl)c(-c2ccc(N)c(CN)c2)cc1S. The number of halogens is 1. The standard InChI is InChI=1S/C26H35ClN4S/c1-17(2)11-20(30-3)16-31(21-7-5-4-6-8-21)25-14-23(27)22(13-26(25)32)18-9-10-24(29)19(12-18)15-28/h5,7-10,12-14,17,20,30,32H,4,6,11,15-16,28-29H2,1-3H3/t20-/m1/s1. The number of anilines is 2. The summed E-state index contributed by atoms with van der Waals surface area (Å²) in [6.07, 6.45) is 9.93. The second-order valence-corrected chi connectivity index (χ2v) is 9.66. The number of nitrogens with zero attached hydrogens (tertiary/aromatic N) is 1. The molecule has 0 amide bonds. The van der Waals surface area contributed by atoms with Crippen LogP contribution in [0.4, 0.5) is 11.4 Å². The van der Waals surface area contributed by atoms with E-state index in [0.717, 1.165) is 53.1 Å². The molecule has 0 saturated heterocycles. The maximum absolute atomic E-state index is 6.83. The number of likely N-dealkylation sites (N-methyl/N-ethyl adjacent to an activating group) is 1. The zero-order valence-corrected chi connectivity index (χ0v) is 20.9. The van der Waals surface area contributed by atoms with Gasteiger partial charge in [0.25, 0.3) is 0 Å². The van der Waals surface area contributed by atoms with Crippen LogP contribution in [0.15, 0.2) is 59.2 Å². The predicted molar refractivity (Wildman–Crippen MR) is 143 cm³/mol. The van der Waals surface area contributed by atoms with Gasteiger partial charge < -0.3 is 21.7 Å². The summed E-state index contributed by atoms with van der Waals surface area (Å²) < 4.78 is 0. The quantitative estimate of drug-likeness (QED) is 0.267. The Balaban J connectivity index is 2.02. The molecule has 0 bridgehead atoms. The van der Waals surface area contributed by atoms with E-state index in [9.17, 15) is 0 Å². The van der Waals surface area contributed by atoms with Gasteiger partial charge in [0.05, 0.1) is 10.7 Å². The molecular weight excluding hydrogens is 436 g/mol. The van der Waals surface area contributed by atoms with E-state index in [2.05, 4.69) is 42.3 Å². The first-order chi connectivity index (χ1) is 15.3. The maximum atomic E-state index is 6.83. The maximum Gasteiger partial charge on any atom is 0.0562 e. The number of nitrogens with one attached hydrogen (secondary N) is 1. The fourth-order valence-electron chi connectivity index (χ4n) is 4.15. The van der Waals surface area contributed by atoms with Crippen molar-refractivity contribution in [1.29, 1.82) is 0 Å². The lowest BCUT2D eigenvalue weighted by atomic mass is 10.00. The minimum Gasteiger partial charge on any atom is -0.398 e. The van der Waals surface area contributed by atoms with Gasteiger partial charge in [-0.3, -0.25) is 0 Å². The third kappa shape index (κ3) is 5.90. The third-order valence-corrected chi connectivity index (χ3v) is 6.55. The summed E-state index contributed by atoms with van der Waals surface area (Å²) in [7, 11) is 2.03. The average Bonchev–Trinajstić information content (AvgIpc) is 2.79. The molecule has 32 heavy (non-hydrogen) atoms. The third-order valence-electron chi connectivity index (χ3n) is 5.88. The van der Waals surface area contributed by atoms with E-state index in [1.165, 1.54) is 5.70 Å². The Hall–Kier alpha value is -1.92. The van der Waals surface area contributed by atoms with Crippen LogP contribution in [0.5, 0.6) is 0 Å². The van der Waals surface area contributed by atoms with Crippen LogP contribution in [0.3, 0.4) is 0 Å². The molecule has 0 aromatic heterocycles. The molecule has 6 heteroatoms. The highest BCUT2D eigenvalue weighted by Gasteiger charge is 2.21. The Kier molecular flexibility index (Phi) is 8.72. The van der Waals surface area contributed by atoms with Gasteiger partial charge in [-0.15, -0.1) is 12.6 Å². The Morgan fingerprint density at radius 1 is 1.19 bits per heavy atom. The predicted octanol–water partition coefficient (Wildman–Crippen LogP) is 6.01. The molecule has 2 aromatic rings. The summed E-state index contributed by atoms with van der Waals surface area (Å²) >= 11 is 11.7. The Labute approximate surface area is 203 Å². The molecule has 0 radical (unpaired) electrons. The van der Waals surface area contributed by atoms with Gasteiger partial charge in [-0.25, -0.2) is 0 Å². The number of nitrogen functional groups attached to an aromatic ring is 1. The van der Waals surface area contributed by atoms with E-state index in [4.69, 9.17) is 35.7 Å². The van der Waals surface area contributed by atoms with Crippen LogP contribution in [0, 0.1) is 5.92 Å². The van der Waals surface area contributed by atoms with Crippen molar-refractivity contribution in [1.82, 2.24) is 5.32 Å². The van der Waals surface area contributed by atoms with Crippen molar-refractivity contribution >= 4 is 35.6 Å². The molecule has 1 atom stereocenters. The summed E-state index contributed by atoms with van der Waals surface area (Å²) in [4.78, 5) is 3.22. The lowest BCUT2D eigenvalue weighted by Crippen LogP contribution is -2.40. The summed E-state index contributed by atoms with van der Waals surface area (Å²) in [6.45, 7) is 5.74. The number of thiol groups is 1. The molecule has 0 heterocycles. The molecule has 4 nitrogen and oxygen atoms in total. The van der Waals surface area contributed by atoms with Crippen molar-refractivity contribution in [2.45, 2.75) is 50.6 Å². The molecule has 172 valence electrons. The lowest BCUT2D eigenvalue weighted by molar-refractivity contribution is 0.445. The van der Waals surface area contributed by atoms with Gasteiger partial charge in [-0.05, 0) is 73.7 Å². The van der Waals surface area contributed by atoms with E-state index in [0.29, 0.717) is 29.2 Å². The molecule has 1 aliphatic carbocycles. The van der Waals surface area contributed by atoms with Crippen molar-refractivity contribution in [2.75, 3.05) is 24.2 Å². The van der Waals surface area contributed by atoms with Crippen LogP contribution >= 0.6 is 24.2 Å². The van der Waals surface area contributed by atoms with E-state index in [-0.39, 0.29) is 0 Å². The van der Waals surface area contributed by atoms with Crippen LogP contribution in [0.2, 0.25) is 5.02 Å². The monoisotopic (exact) mass is 470 g/mol. The van der Waals surface area contributed by atoms with Crippen LogP contribution < -0.4 is 21.7 Å². The van der Waals surface area contributed by atoms with Gasteiger partial charge in [-0.1, -0.05) is 43.7 Å². The molecule has 0 aliphatic heterocycles. The largest absolute Gasteiger partial charge is 0.398 e. The van der Waals surface area contributed by atoms with Crippen LogP contribution in [0.1, 0.15) is 38.7 Å². The average molecular weight is 471 g/mol. The zero-order valence-electron chi connectivity index (χ0n) is 19.2. The molecule has 0 fully saturated rings. The number of hydrogen-bond acceptors (Lipinski definition) is 5. The molecule has 1 aliphatic rings. The van der Waals surface area contributed by atoms with E-state index in [1.54, 1.807) is 0 Å². The molecular formula is C26H35ClN4S. The first kappa shape index (κ1) is 24.7. The molecule has 5 N–H and O–H groups in total. The summed E-state index contributed by atoms with van der Waals surface area (Å²) in [5, 5.41) is 4.17. The first-order valence-corrected chi connectivity index (χ1v) is 12.1. The number of nitrogens with two attached hydrogens (primary N) is 2. The fourth-order valence-corrected chi connectivity index (χ4v) is 4.74. The topological polar surface area (TPSA) is 67.3 Å². The first-order valence-electron chi connectivity index (χ1n) is 11.3. The van der Waals surface area contributed by atoms with Gasteiger partial charge in [0.1, 0.15) is 0 Å². The number of benzene rings is 2. The van der Waals surface area contributed by atoms with E-state index in [1.807, 2.05) is 37.4 Å². The van der Waals surface area contributed by atoms with Crippen molar-refractivity contribution in [2.24, 2.45) is 11.7 Å². The van der Waals surface area contributed by atoms with Gasteiger partial charge in [-0.2, -0.15) is 0 Å². The highest BCUT2D eigenvalue weighted by molar-refractivity contribution is 7.80. The normalized spacial score (nSPS) is 14.5. The van der Waals surface area contributed by atoms with Crippen molar-refractivity contribution in [3.05, 3.63) is 64.8 Å². The smallest absolute Gasteiger partial charge is 0.0562 e. The molecule has 3 rings (SSSR count). The minimum atomic E-state index is 0.349.